The minimum atomic E-state index is -3.87. The van der Waals surface area contributed by atoms with E-state index in [1.165, 1.54) is 26.8 Å². The molecule has 0 atom stereocenters. The third-order valence-electron chi connectivity index (χ3n) is 5.09. The fourth-order valence-corrected chi connectivity index (χ4v) is 6.90. The molecule has 0 bridgehead atoms. The van der Waals surface area contributed by atoms with Crippen molar-refractivity contribution in [1.82, 2.24) is 8.61 Å². The zero-order valence-corrected chi connectivity index (χ0v) is 19.7. The molecule has 10 heteroatoms. The summed E-state index contributed by atoms with van der Waals surface area (Å²) in [6, 6.07) is 11.2. The summed E-state index contributed by atoms with van der Waals surface area (Å²) in [7, 11) is -7.55. The molecule has 30 heavy (non-hydrogen) atoms. The fourth-order valence-electron chi connectivity index (χ4n) is 3.32. The molecule has 1 saturated heterocycles. The first kappa shape index (κ1) is 23.5. The van der Waals surface area contributed by atoms with Gasteiger partial charge in [0.05, 0.1) is 9.92 Å². The standard InChI is InChI=1S/C20H24Cl2N2O4S2/c1-2-3-4-16-5-8-18(9-6-16)29(25,26)23-11-13-24(14-12-23)30(27,28)20-15-17(21)7-10-19(20)22/h5-10,15H,2-4,11-14H2,1H3. The molecule has 0 unspecified atom stereocenters. The van der Waals surface area contributed by atoms with Crippen molar-refractivity contribution in [3.63, 3.8) is 0 Å². The van der Waals surface area contributed by atoms with E-state index in [4.69, 9.17) is 23.2 Å². The Morgan fingerprint density at radius 1 is 0.833 bits per heavy atom. The second kappa shape index (κ2) is 9.54. The number of unbranched alkanes of at least 4 members (excludes halogenated alkanes) is 1. The van der Waals surface area contributed by atoms with E-state index in [9.17, 15) is 16.8 Å². The highest BCUT2D eigenvalue weighted by Crippen LogP contribution is 2.29. The van der Waals surface area contributed by atoms with Crippen molar-refractivity contribution in [2.24, 2.45) is 0 Å². The summed E-state index contributed by atoms with van der Waals surface area (Å²) < 4.78 is 54.3. The molecule has 1 aliphatic rings. The lowest BCUT2D eigenvalue weighted by Crippen LogP contribution is -2.50. The molecule has 2 aromatic carbocycles. The number of piperazine rings is 1. The molecule has 1 aliphatic heterocycles. The molecule has 0 aliphatic carbocycles. The van der Waals surface area contributed by atoms with Crippen molar-refractivity contribution in [2.45, 2.75) is 36.0 Å². The molecule has 1 fully saturated rings. The SMILES string of the molecule is CCCCc1ccc(S(=O)(=O)N2CCN(S(=O)(=O)c3cc(Cl)ccc3Cl)CC2)cc1. The first-order chi connectivity index (χ1) is 14.2. The average molecular weight is 491 g/mol. The summed E-state index contributed by atoms with van der Waals surface area (Å²) in [5.41, 5.74) is 1.10. The summed E-state index contributed by atoms with van der Waals surface area (Å²) in [5, 5.41) is 0.346. The molecule has 2 aromatic rings. The van der Waals surface area contributed by atoms with Crippen LogP contribution in [0.1, 0.15) is 25.3 Å². The monoisotopic (exact) mass is 490 g/mol. The maximum atomic E-state index is 13.0. The molecule has 0 N–H and O–H groups in total. The van der Waals surface area contributed by atoms with Gasteiger partial charge in [0.2, 0.25) is 20.0 Å². The van der Waals surface area contributed by atoms with Crippen LogP contribution in [-0.2, 0) is 26.5 Å². The summed E-state index contributed by atoms with van der Waals surface area (Å²) >= 11 is 12.0. The van der Waals surface area contributed by atoms with Gasteiger partial charge < -0.3 is 0 Å². The maximum Gasteiger partial charge on any atom is 0.244 e. The highest BCUT2D eigenvalue weighted by atomic mass is 35.5. The van der Waals surface area contributed by atoms with Crippen molar-refractivity contribution in [1.29, 1.82) is 0 Å². The summed E-state index contributed by atoms with van der Waals surface area (Å²) in [4.78, 5) is 0.146. The molecular weight excluding hydrogens is 467 g/mol. The van der Waals surface area contributed by atoms with E-state index in [-0.39, 0.29) is 46.0 Å². The molecule has 0 amide bonds. The summed E-state index contributed by atoms with van der Waals surface area (Å²) in [6.07, 6.45) is 3.05. The van der Waals surface area contributed by atoms with Crippen LogP contribution in [0.4, 0.5) is 0 Å². The first-order valence-corrected chi connectivity index (χ1v) is 13.3. The Kier molecular flexibility index (Phi) is 7.48. The number of aryl methyl sites for hydroxylation is 1. The Labute approximate surface area is 188 Å². The normalized spacial score (nSPS) is 16.6. The Morgan fingerprint density at radius 3 is 1.97 bits per heavy atom. The van der Waals surface area contributed by atoms with Gasteiger partial charge in [0, 0.05) is 31.2 Å². The summed E-state index contributed by atoms with van der Waals surface area (Å²) in [5.74, 6) is 0. The van der Waals surface area contributed by atoms with Gasteiger partial charge in [-0.2, -0.15) is 8.61 Å². The van der Waals surface area contributed by atoms with Crippen LogP contribution in [0.2, 0.25) is 10.0 Å². The molecule has 1 heterocycles. The lowest BCUT2D eigenvalue weighted by Gasteiger charge is -2.33. The average Bonchev–Trinajstić information content (AvgIpc) is 2.74. The Bertz CT molecular complexity index is 1100. The number of hydrogen-bond donors (Lipinski definition) is 0. The zero-order chi connectivity index (χ0) is 21.9. The Balaban J connectivity index is 1.72. The largest absolute Gasteiger partial charge is 0.244 e. The predicted molar refractivity (Wildman–Crippen MR) is 119 cm³/mol. The van der Waals surface area contributed by atoms with Crippen LogP contribution in [-0.4, -0.2) is 51.6 Å². The topological polar surface area (TPSA) is 74.8 Å². The Hall–Kier alpha value is -1.16. The minimum absolute atomic E-state index is 0.0407. The van der Waals surface area contributed by atoms with E-state index in [0.29, 0.717) is 0 Å². The molecule has 6 nitrogen and oxygen atoms in total. The Morgan fingerprint density at radius 2 is 1.40 bits per heavy atom. The van der Waals surface area contributed by atoms with Gasteiger partial charge in [-0.15, -0.1) is 0 Å². The van der Waals surface area contributed by atoms with Crippen LogP contribution < -0.4 is 0 Å². The smallest absolute Gasteiger partial charge is 0.207 e. The number of sulfonamides is 2. The van der Waals surface area contributed by atoms with E-state index in [2.05, 4.69) is 6.92 Å². The van der Waals surface area contributed by atoms with E-state index in [1.54, 1.807) is 12.1 Å². The molecular formula is C20H24Cl2N2O4S2. The van der Waals surface area contributed by atoms with Crippen LogP contribution in [0.5, 0.6) is 0 Å². The lowest BCUT2D eigenvalue weighted by molar-refractivity contribution is 0.273. The van der Waals surface area contributed by atoms with Gasteiger partial charge in [-0.3, -0.25) is 0 Å². The van der Waals surface area contributed by atoms with Crippen LogP contribution in [0.3, 0.4) is 0 Å². The van der Waals surface area contributed by atoms with Gasteiger partial charge in [0.25, 0.3) is 0 Å². The van der Waals surface area contributed by atoms with Gasteiger partial charge >= 0.3 is 0 Å². The molecule has 0 aromatic heterocycles. The molecule has 0 radical (unpaired) electrons. The van der Waals surface area contributed by atoms with Gasteiger partial charge in [-0.25, -0.2) is 16.8 Å². The molecule has 0 spiro atoms. The molecule has 3 rings (SSSR count). The van der Waals surface area contributed by atoms with Crippen molar-refractivity contribution in [3.8, 4) is 0 Å². The lowest BCUT2D eigenvalue weighted by atomic mass is 10.1. The second-order valence-corrected chi connectivity index (χ2v) is 11.8. The molecule has 164 valence electrons. The van der Waals surface area contributed by atoms with E-state index in [1.807, 2.05) is 12.1 Å². The third kappa shape index (κ3) is 5.00. The number of nitrogens with zero attached hydrogens (tertiary/aromatic N) is 2. The van der Waals surface area contributed by atoms with E-state index < -0.39 is 20.0 Å². The predicted octanol–water partition coefficient (Wildman–Crippen LogP) is 4.03. The van der Waals surface area contributed by atoms with Crippen LogP contribution in [0.25, 0.3) is 0 Å². The van der Waals surface area contributed by atoms with Gasteiger partial charge in [-0.1, -0.05) is 48.7 Å². The number of benzene rings is 2. The van der Waals surface area contributed by atoms with Crippen LogP contribution in [0, 0.1) is 0 Å². The number of rotatable bonds is 7. The van der Waals surface area contributed by atoms with Crippen molar-refractivity contribution < 1.29 is 16.8 Å². The van der Waals surface area contributed by atoms with Gasteiger partial charge in [-0.05, 0) is 48.7 Å². The van der Waals surface area contributed by atoms with Crippen LogP contribution >= 0.6 is 23.2 Å². The maximum absolute atomic E-state index is 13.0. The highest BCUT2D eigenvalue weighted by molar-refractivity contribution is 7.89. The minimum Gasteiger partial charge on any atom is -0.207 e. The molecule has 0 saturated carbocycles. The summed E-state index contributed by atoms with van der Waals surface area (Å²) in [6.45, 7) is 2.33. The van der Waals surface area contributed by atoms with Gasteiger partial charge in [0.15, 0.2) is 0 Å². The number of hydrogen-bond acceptors (Lipinski definition) is 4. The third-order valence-corrected chi connectivity index (χ3v) is 9.62. The van der Waals surface area contributed by atoms with Crippen molar-refractivity contribution in [2.75, 3.05) is 26.2 Å². The van der Waals surface area contributed by atoms with Crippen molar-refractivity contribution in [3.05, 3.63) is 58.1 Å². The van der Waals surface area contributed by atoms with Crippen LogP contribution in [0.15, 0.2) is 52.3 Å². The fraction of sp³-hybridized carbons (Fsp3) is 0.400. The second-order valence-electron chi connectivity index (χ2n) is 7.13. The van der Waals surface area contributed by atoms with E-state index >= 15 is 0 Å². The van der Waals surface area contributed by atoms with Gasteiger partial charge in [0.1, 0.15) is 4.90 Å². The van der Waals surface area contributed by atoms with E-state index in [0.717, 1.165) is 24.8 Å². The van der Waals surface area contributed by atoms with Crippen molar-refractivity contribution >= 4 is 43.2 Å². The zero-order valence-electron chi connectivity index (χ0n) is 16.6. The number of halogens is 2. The first-order valence-electron chi connectivity index (χ1n) is 9.70. The highest BCUT2D eigenvalue weighted by Gasteiger charge is 2.34. The quantitative estimate of drug-likeness (QED) is 0.586.